The van der Waals surface area contributed by atoms with E-state index in [1.807, 2.05) is 0 Å². The first-order valence-electron chi connectivity index (χ1n) is 11.0. The molecule has 0 N–H and O–H groups in total. The van der Waals surface area contributed by atoms with Gasteiger partial charge in [0.15, 0.2) is 24.4 Å². The summed E-state index contributed by atoms with van der Waals surface area (Å²) < 4.78 is 31.1. The highest BCUT2D eigenvalue weighted by molar-refractivity contribution is 8.00. The van der Waals surface area contributed by atoms with Gasteiger partial charge in [-0.3, -0.25) is 28.8 Å². The van der Waals surface area contributed by atoms with E-state index in [-0.39, 0.29) is 5.75 Å². The largest absolute Gasteiger partial charge is 0.467 e. The average molecular weight is 550 g/mol. The summed E-state index contributed by atoms with van der Waals surface area (Å²) in [6.45, 7) is 5.79. The second-order valence-electron chi connectivity index (χ2n) is 7.86. The zero-order valence-electron chi connectivity index (χ0n) is 21.5. The maximum Gasteiger partial charge on any atom is 0.329 e. The zero-order valence-corrected chi connectivity index (χ0v) is 22.4. The van der Waals surface area contributed by atoms with Crippen molar-refractivity contribution in [2.75, 3.05) is 19.5 Å². The number of ether oxygens (including phenoxy) is 6. The van der Waals surface area contributed by atoms with Gasteiger partial charge < -0.3 is 33.3 Å². The van der Waals surface area contributed by atoms with Crippen LogP contribution in [0, 0.1) is 0 Å². The Bertz CT molecular complexity index is 907. The molecule has 1 fully saturated rings. The van der Waals surface area contributed by atoms with Crippen molar-refractivity contribution < 1.29 is 62.0 Å². The standard InChI is InChI=1S/C22H31NO13S/c1-10(24)23-16(22(30)31-7)9-37-21(23)20(36-15(6)29)19(35-14(5)28)18(34-13(4)27)17(33-12(3)26)8-32-11(2)25/h16-21H,8-9H2,1-7H3/t16-,17-,18+,19+,20-,21?/m0/s1. The Kier molecular flexibility index (Phi) is 12.3. The lowest BCUT2D eigenvalue weighted by atomic mass is 10.0. The third-order valence-electron chi connectivity index (χ3n) is 4.84. The molecule has 0 bridgehead atoms. The molecule has 0 radical (unpaired) electrons. The normalized spacial score (nSPS) is 19.9. The van der Waals surface area contributed by atoms with Crippen molar-refractivity contribution in [3.63, 3.8) is 0 Å². The van der Waals surface area contributed by atoms with Crippen molar-refractivity contribution >= 4 is 53.5 Å². The first-order chi connectivity index (χ1) is 17.2. The highest BCUT2D eigenvalue weighted by Crippen LogP contribution is 2.37. The van der Waals surface area contributed by atoms with E-state index < -0.39 is 84.2 Å². The molecule has 15 heteroatoms. The molecule has 208 valence electrons. The molecule has 0 saturated carbocycles. The molecule has 0 spiro atoms. The monoisotopic (exact) mass is 549 g/mol. The summed E-state index contributed by atoms with van der Waals surface area (Å²) in [6, 6.07) is -1.06. The van der Waals surface area contributed by atoms with E-state index in [1.54, 1.807) is 0 Å². The summed E-state index contributed by atoms with van der Waals surface area (Å²) in [7, 11) is 1.14. The van der Waals surface area contributed by atoms with E-state index in [4.69, 9.17) is 28.4 Å². The van der Waals surface area contributed by atoms with E-state index in [1.165, 1.54) is 6.92 Å². The molecule has 1 aliphatic rings. The Balaban J connectivity index is 3.70. The number of hydrogen-bond acceptors (Lipinski definition) is 14. The van der Waals surface area contributed by atoms with E-state index in [0.29, 0.717) is 0 Å². The number of nitrogens with zero attached hydrogens (tertiary/aromatic N) is 1. The van der Waals surface area contributed by atoms with Gasteiger partial charge in [0.1, 0.15) is 18.0 Å². The minimum Gasteiger partial charge on any atom is -0.467 e. The van der Waals surface area contributed by atoms with E-state index >= 15 is 0 Å². The number of hydrogen-bond donors (Lipinski definition) is 0. The highest BCUT2D eigenvalue weighted by Gasteiger charge is 2.53. The smallest absolute Gasteiger partial charge is 0.329 e. The zero-order chi connectivity index (χ0) is 28.4. The van der Waals surface area contributed by atoms with Crippen LogP contribution in [0.15, 0.2) is 0 Å². The quantitative estimate of drug-likeness (QED) is 0.243. The van der Waals surface area contributed by atoms with Crippen molar-refractivity contribution in [2.45, 2.75) is 77.4 Å². The maximum atomic E-state index is 12.6. The molecule has 1 heterocycles. The molecule has 0 aromatic heterocycles. The van der Waals surface area contributed by atoms with Crippen molar-refractivity contribution in [1.82, 2.24) is 4.90 Å². The maximum absolute atomic E-state index is 12.6. The van der Waals surface area contributed by atoms with Gasteiger partial charge in [-0.05, 0) is 0 Å². The van der Waals surface area contributed by atoms with Gasteiger partial charge in [0, 0.05) is 47.3 Å². The number of amides is 1. The van der Waals surface area contributed by atoms with Crippen LogP contribution in [0.5, 0.6) is 0 Å². The van der Waals surface area contributed by atoms with Crippen LogP contribution in [-0.4, -0.2) is 102 Å². The van der Waals surface area contributed by atoms with Crippen molar-refractivity contribution in [1.29, 1.82) is 0 Å². The number of esters is 6. The van der Waals surface area contributed by atoms with E-state index in [0.717, 1.165) is 58.4 Å². The van der Waals surface area contributed by atoms with Gasteiger partial charge >= 0.3 is 35.8 Å². The number of methoxy groups -OCH3 is 1. The van der Waals surface area contributed by atoms with Crippen molar-refractivity contribution in [3.8, 4) is 0 Å². The predicted octanol–water partition coefficient (Wildman–Crippen LogP) is -0.261. The molecule has 0 aromatic carbocycles. The van der Waals surface area contributed by atoms with Crippen LogP contribution in [0.4, 0.5) is 0 Å². The van der Waals surface area contributed by atoms with Gasteiger partial charge in [0.05, 0.1) is 7.11 Å². The van der Waals surface area contributed by atoms with E-state index in [2.05, 4.69) is 0 Å². The second-order valence-corrected chi connectivity index (χ2v) is 9.01. The molecule has 14 nitrogen and oxygen atoms in total. The Hall–Kier alpha value is -3.36. The lowest BCUT2D eigenvalue weighted by Gasteiger charge is -2.39. The average Bonchev–Trinajstić information content (AvgIpc) is 3.21. The molecule has 1 aliphatic heterocycles. The fourth-order valence-corrected chi connectivity index (χ4v) is 5.18. The van der Waals surface area contributed by atoms with Crippen LogP contribution in [-0.2, 0) is 62.0 Å². The van der Waals surface area contributed by atoms with Crippen LogP contribution in [0.1, 0.15) is 41.5 Å². The lowest BCUT2D eigenvalue weighted by molar-refractivity contribution is -0.205. The lowest BCUT2D eigenvalue weighted by Crippen LogP contribution is -2.59. The molecule has 37 heavy (non-hydrogen) atoms. The van der Waals surface area contributed by atoms with Crippen LogP contribution < -0.4 is 0 Å². The third kappa shape index (κ3) is 9.55. The number of rotatable bonds is 11. The molecule has 1 rings (SSSR count). The second kappa shape index (κ2) is 14.4. The minimum atomic E-state index is -1.68. The highest BCUT2D eigenvalue weighted by atomic mass is 32.2. The molecule has 1 amide bonds. The summed E-state index contributed by atoms with van der Waals surface area (Å²) in [5.41, 5.74) is 0. The Morgan fingerprint density at radius 3 is 1.70 bits per heavy atom. The van der Waals surface area contributed by atoms with Gasteiger partial charge in [-0.15, -0.1) is 11.8 Å². The summed E-state index contributed by atoms with van der Waals surface area (Å²) in [5.74, 6) is -5.57. The molecule has 1 saturated heterocycles. The van der Waals surface area contributed by atoms with Gasteiger partial charge in [-0.25, -0.2) is 4.79 Å². The van der Waals surface area contributed by atoms with Crippen LogP contribution in [0.2, 0.25) is 0 Å². The predicted molar refractivity (Wildman–Crippen MR) is 123 cm³/mol. The fraction of sp³-hybridized carbons (Fsp3) is 0.682. The third-order valence-corrected chi connectivity index (χ3v) is 6.19. The number of carbonyl (C=O) groups excluding carboxylic acids is 7. The summed E-state index contributed by atoms with van der Waals surface area (Å²) in [4.78, 5) is 85.6. The summed E-state index contributed by atoms with van der Waals surface area (Å²) in [6.07, 6.45) is -6.40. The molecular weight excluding hydrogens is 518 g/mol. The van der Waals surface area contributed by atoms with Gasteiger partial charge in [-0.2, -0.15) is 0 Å². The summed E-state index contributed by atoms with van der Waals surface area (Å²) in [5, 5.41) is -1.13. The van der Waals surface area contributed by atoms with Crippen LogP contribution >= 0.6 is 11.8 Å². The van der Waals surface area contributed by atoms with Crippen LogP contribution in [0.25, 0.3) is 0 Å². The molecule has 6 atom stereocenters. The Morgan fingerprint density at radius 1 is 0.757 bits per heavy atom. The molecule has 1 unspecified atom stereocenters. The van der Waals surface area contributed by atoms with Gasteiger partial charge in [0.25, 0.3) is 0 Å². The SMILES string of the molecule is COC(=O)[C@@H]1CSC([C@@H](OC(C)=O)[C@H](OC(C)=O)[C@H](OC(C)=O)[C@H](COC(C)=O)OC(C)=O)N1C(C)=O. The Labute approximate surface area is 217 Å². The molecular formula is C22H31NO13S. The molecule has 0 aromatic rings. The molecule has 0 aliphatic carbocycles. The van der Waals surface area contributed by atoms with Crippen molar-refractivity contribution in [3.05, 3.63) is 0 Å². The fourth-order valence-electron chi connectivity index (χ4n) is 3.64. The number of thioether (sulfide) groups is 1. The van der Waals surface area contributed by atoms with Crippen LogP contribution in [0.3, 0.4) is 0 Å². The minimum absolute atomic E-state index is 0.0422. The Morgan fingerprint density at radius 2 is 1.27 bits per heavy atom. The van der Waals surface area contributed by atoms with E-state index in [9.17, 15) is 33.6 Å². The number of carbonyl (C=O) groups is 7. The summed E-state index contributed by atoms with van der Waals surface area (Å²) >= 11 is 1.02. The van der Waals surface area contributed by atoms with Gasteiger partial charge in [-0.1, -0.05) is 0 Å². The topological polar surface area (TPSA) is 178 Å². The first kappa shape index (κ1) is 31.7. The van der Waals surface area contributed by atoms with Gasteiger partial charge in [0.2, 0.25) is 5.91 Å². The van der Waals surface area contributed by atoms with Crippen molar-refractivity contribution in [2.24, 2.45) is 0 Å². The first-order valence-corrected chi connectivity index (χ1v) is 12.0.